The van der Waals surface area contributed by atoms with Crippen LogP contribution in [0.4, 0.5) is 0 Å². The highest BCUT2D eigenvalue weighted by molar-refractivity contribution is 9.10. The van der Waals surface area contributed by atoms with E-state index in [-0.39, 0.29) is 0 Å². The number of halogens is 1. The molecule has 1 aromatic rings. The Balaban J connectivity index is 1.86. The van der Waals surface area contributed by atoms with Crippen molar-refractivity contribution in [2.24, 2.45) is 11.7 Å². The zero-order chi connectivity index (χ0) is 9.97. The van der Waals surface area contributed by atoms with Gasteiger partial charge >= 0.3 is 0 Å². The van der Waals surface area contributed by atoms with Gasteiger partial charge in [-0.1, -0.05) is 0 Å². The van der Waals surface area contributed by atoms with Gasteiger partial charge in [-0.2, -0.15) is 0 Å². The minimum atomic E-state index is 0.473. The Kier molecular flexibility index (Phi) is 3.63. The molecule has 0 bridgehead atoms. The highest BCUT2D eigenvalue weighted by atomic mass is 79.9. The SMILES string of the molecule is NC1CCC(Cc2cc(Br)cs2)CC1. The van der Waals surface area contributed by atoms with Gasteiger partial charge in [0.2, 0.25) is 0 Å². The first-order valence-corrected chi connectivity index (χ1v) is 6.90. The third-order valence-electron chi connectivity index (χ3n) is 3.00. The van der Waals surface area contributed by atoms with Crippen molar-refractivity contribution in [1.82, 2.24) is 0 Å². The van der Waals surface area contributed by atoms with Crippen molar-refractivity contribution >= 4 is 27.3 Å². The number of nitrogens with two attached hydrogens (primary N) is 1. The van der Waals surface area contributed by atoms with E-state index >= 15 is 0 Å². The summed E-state index contributed by atoms with van der Waals surface area (Å²) in [5, 5.41) is 2.17. The molecule has 1 fully saturated rings. The molecule has 0 radical (unpaired) electrons. The Morgan fingerprint density at radius 1 is 1.36 bits per heavy atom. The van der Waals surface area contributed by atoms with Crippen molar-refractivity contribution in [1.29, 1.82) is 0 Å². The first kappa shape index (κ1) is 10.7. The van der Waals surface area contributed by atoms with Gasteiger partial charge in [-0.3, -0.25) is 0 Å². The van der Waals surface area contributed by atoms with Gasteiger partial charge in [0.15, 0.2) is 0 Å². The van der Waals surface area contributed by atoms with E-state index in [1.807, 2.05) is 11.3 Å². The fourth-order valence-electron chi connectivity index (χ4n) is 2.14. The summed E-state index contributed by atoms with van der Waals surface area (Å²) in [5.74, 6) is 0.875. The number of thiophene rings is 1. The molecule has 3 heteroatoms. The molecule has 0 aliphatic heterocycles. The molecule has 0 atom stereocenters. The van der Waals surface area contributed by atoms with Crippen molar-refractivity contribution in [3.8, 4) is 0 Å². The van der Waals surface area contributed by atoms with Crippen molar-refractivity contribution in [2.75, 3.05) is 0 Å². The molecule has 1 aliphatic rings. The summed E-state index contributed by atoms with van der Waals surface area (Å²) in [6.45, 7) is 0. The summed E-state index contributed by atoms with van der Waals surface area (Å²) in [6, 6.07) is 2.72. The number of rotatable bonds is 2. The van der Waals surface area contributed by atoms with E-state index in [4.69, 9.17) is 5.73 Å². The maximum Gasteiger partial charge on any atom is 0.0285 e. The third kappa shape index (κ3) is 2.81. The lowest BCUT2D eigenvalue weighted by Crippen LogP contribution is -2.27. The van der Waals surface area contributed by atoms with E-state index in [0.717, 1.165) is 5.92 Å². The van der Waals surface area contributed by atoms with Crippen LogP contribution in [0.1, 0.15) is 30.6 Å². The molecule has 2 rings (SSSR count). The molecule has 0 amide bonds. The van der Waals surface area contributed by atoms with Gasteiger partial charge in [-0.15, -0.1) is 11.3 Å². The fraction of sp³-hybridized carbons (Fsp3) is 0.636. The third-order valence-corrected chi connectivity index (χ3v) is 4.72. The summed E-state index contributed by atoms with van der Waals surface area (Å²) >= 11 is 5.36. The van der Waals surface area contributed by atoms with Crippen molar-refractivity contribution in [3.63, 3.8) is 0 Å². The van der Waals surface area contributed by atoms with Crippen LogP contribution in [0, 0.1) is 5.92 Å². The summed E-state index contributed by atoms with van der Waals surface area (Å²) in [5.41, 5.74) is 5.89. The largest absolute Gasteiger partial charge is 0.328 e. The Labute approximate surface area is 97.8 Å². The second-order valence-electron chi connectivity index (χ2n) is 4.22. The van der Waals surface area contributed by atoms with Crippen LogP contribution in [0.3, 0.4) is 0 Å². The van der Waals surface area contributed by atoms with E-state index in [9.17, 15) is 0 Å². The molecular formula is C11H16BrNS. The minimum absolute atomic E-state index is 0.473. The van der Waals surface area contributed by atoms with Crippen LogP contribution in [-0.2, 0) is 6.42 Å². The summed E-state index contributed by atoms with van der Waals surface area (Å²) in [4.78, 5) is 1.51. The second kappa shape index (κ2) is 4.77. The molecule has 1 saturated carbocycles. The minimum Gasteiger partial charge on any atom is -0.328 e. The predicted octanol–water partition coefficient (Wildman–Crippen LogP) is 3.57. The van der Waals surface area contributed by atoms with Gasteiger partial charge in [0.25, 0.3) is 0 Å². The van der Waals surface area contributed by atoms with Crippen molar-refractivity contribution in [3.05, 3.63) is 20.8 Å². The van der Waals surface area contributed by atoms with Gasteiger partial charge in [0.1, 0.15) is 0 Å². The van der Waals surface area contributed by atoms with Crippen LogP contribution < -0.4 is 5.73 Å². The molecular weight excluding hydrogens is 258 g/mol. The van der Waals surface area contributed by atoms with Gasteiger partial charge in [0.05, 0.1) is 0 Å². The first-order valence-electron chi connectivity index (χ1n) is 5.22. The van der Waals surface area contributed by atoms with Gasteiger partial charge in [0, 0.05) is 20.8 Å². The molecule has 1 nitrogen and oxygen atoms in total. The Bertz CT molecular complexity index is 289. The first-order chi connectivity index (χ1) is 6.74. The van der Waals surface area contributed by atoms with Crippen LogP contribution in [-0.4, -0.2) is 6.04 Å². The summed E-state index contributed by atoms with van der Waals surface area (Å²) in [6.07, 6.45) is 6.32. The Hall–Kier alpha value is 0.140. The summed E-state index contributed by atoms with van der Waals surface area (Å²) < 4.78 is 1.23. The van der Waals surface area contributed by atoms with E-state index in [1.54, 1.807) is 0 Å². The van der Waals surface area contributed by atoms with Crippen molar-refractivity contribution < 1.29 is 0 Å². The quantitative estimate of drug-likeness (QED) is 0.876. The van der Waals surface area contributed by atoms with Crippen molar-refractivity contribution in [2.45, 2.75) is 38.1 Å². The van der Waals surface area contributed by atoms with E-state index < -0.39 is 0 Å². The van der Waals surface area contributed by atoms with Crippen LogP contribution in [0.5, 0.6) is 0 Å². The zero-order valence-electron chi connectivity index (χ0n) is 8.21. The summed E-state index contributed by atoms with van der Waals surface area (Å²) in [7, 11) is 0. The maximum absolute atomic E-state index is 5.89. The van der Waals surface area contributed by atoms with Crippen LogP contribution in [0.25, 0.3) is 0 Å². The van der Waals surface area contributed by atoms with Crippen LogP contribution in [0.2, 0.25) is 0 Å². The van der Waals surface area contributed by atoms with E-state index in [2.05, 4.69) is 27.4 Å². The van der Waals surface area contributed by atoms with Gasteiger partial charge in [-0.25, -0.2) is 0 Å². The fourth-order valence-corrected chi connectivity index (χ4v) is 3.70. The predicted molar refractivity (Wildman–Crippen MR) is 65.7 cm³/mol. The smallest absolute Gasteiger partial charge is 0.0285 e. The maximum atomic E-state index is 5.89. The zero-order valence-corrected chi connectivity index (χ0v) is 10.6. The lowest BCUT2D eigenvalue weighted by Gasteiger charge is -2.25. The number of hydrogen-bond acceptors (Lipinski definition) is 2. The standard InChI is InChI=1S/C11H16BrNS/c12-9-6-11(14-7-9)5-8-1-3-10(13)4-2-8/h6-8,10H,1-5,13H2. The Morgan fingerprint density at radius 3 is 2.64 bits per heavy atom. The van der Waals surface area contributed by atoms with Gasteiger partial charge < -0.3 is 5.73 Å². The molecule has 2 N–H and O–H groups in total. The molecule has 78 valence electrons. The average molecular weight is 274 g/mol. The van der Waals surface area contributed by atoms with E-state index in [0.29, 0.717) is 6.04 Å². The lowest BCUT2D eigenvalue weighted by atomic mass is 9.84. The molecule has 1 heterocycles. The Morgan fingerprint density at radius 2 is 2.07 bits per heavy atom. The molecule has 1 aliphatic carbocycles. The lowest BCUT2D eigenvalue weighted by molar-refractivity contribution is 0.326. The average Bonchev–Trinajstić information content (AvgIpc) is 2.56. The number of hydrogen-bond donors (Lipinski definition) is 1. The van der Waals surface area contributed by atoms with Crippen LogP contribution in [0.15, 0.2) is 15.9 Å². The van der Waals surface area contributed by atoms with Gasteiger partial charge in [-0.05, 0) is 60.0 Å². The van der Waals surface area contributed by atoms with Crippen LogP contribution >= 0.6 is 27.3 Å². The highest BCUT2D eigenvalue weighted by Gasteiger charge is 2.19. The molecule has 1 aromatic heterocycles. The topological polar surface area (TPSA) is 26.0 Å². The second-order valence-corrected chi connectivity index (χ2v) is 6.13. The monoisotopic (exact) mass is 273 g/mol. The molecule has 0 aromatic carbocycles. The normalized spacial score (nSPS) is 27.9. The van der Waals surface area contributed by atoms with E-state index in [1.165, 1.54) is 41.5 Å². The highest BCUT2D eigenvalue weighted by Crippen LogP contribution is 2.29. The molecule has 14 heavy (non-hydrogen) atoms. The molecule has 0 spiro atoms. The molecule has 0 saturated heterocycles. The molecule has 0 unspecified atom stereocenters.